The fraction of sp³-hybridized carbons (Fsp3) is 0. The molecule has 0 atom stereocenters. The van der Waals surface area contributed by atoms with E-state index in [1.54, 1.807) is 0 Å². The summed E-state index contributed by atoms with van der Waals surface area (Å²) in [5.74, 6) is 0.610. The van der Waals surface area contributed by atoms with Gasteiger partial charge in [0.1, 0.15) is 5.52 Å². The minimum Gasteiger partial charge on any atom is -0.435 e. The molecule has 5 heteroatoms. The summed E-state index contributed by atoms with van der Waals surface area (Å²) in [5, 5.41) is 6.64. The van der Waals surface area contributed by atoms with Gasteiger partial charge in [0.15, 0.2) is 5.58 Å². The number of oxazole rings is 1. The summed E-state index contributed by atoms with van der Waals surface area (Å²) < 4.78 is 6.67. The zero-order chi connectivity index (χ0) is 47.8. The largest absolute Gasteiger partial charge is 0.435 e. The average Bonchev–Trinajstić information content (AvgIpc) is 3.90. The van der Waals surface area contributed by atoms with E-state index in [4.69, 9.17) is 9.40 Å². The lowest BCUT2D eigenvalue weighted by Crippen LogP contribution is -2.17. The fourth-order valence-corrected chi connectivity index (χ4v) is 10.3. The van der Waals surface area contributed by atoms with Crippen molar-refractivity contribution in [3.63, 3.8) is 0 Å². The van der Waals surface area contributed by atoms with Crippen molar-refractivity contribution in [1.29, 1.82) is 0 Å². The summed E-state index contributed by atoms with van der Waals surface area (Å²) in [6.07, 6.45) is 0. The van der Waals surface area contributed by atoms with Crippen LogP contribution in [0.5, 0.6) is 0 Å². The van der Waals surface area contributed by atoms with Gasteiger partial charge >= 0.3 is 0 Å². The van der Waals surface area contributed by atoms with Gasteiger partial charge in [-0.2, -0.15) is 0 Å². The summed E-state index contributed by atoms with van der Waals surface area (Å²) in [7, 11) is 0. The summed E-state index contributed by atoms with van der Waals surface area (Å²) in [4.78, 5) is 12.2. The van der Waals surface area contributed by atoms with Gasteiger partial charge in [0, 0.05) is 44.6 Å². The molecule has 1 heterocycles. The second-order valence-corrected chi connectivity index (χ2v) is 18.0. The van der Waals surface area contributed by atoms with E-state index in [0.717, 1.165) is 106 Å². The van der Waals surface area contributed by atoms with Crippen LogP contribution in [0.1, 0.15) is 0 Å². The Balaban J connectivity index is 1.10. The third-order valence-electron chi connectivity index (χ3n) is 13.6. The van der Waals surface area contributed by atoms with E-state index in [0.29, 0.717) is 5.89 Å². The highest BCUT2D eigenvalue weighted by atomic mass is 16.3. The minimum absolute atomic E-state index is 0.610. The number of anilines is 9. The Labute approximate surface area is 418 Å². The number of para-hydroxylation sites is 4. The Morgan fingerprint density at radius 2 is 0.792 bits per heavy atom. The number of fused-ring (bicyclic) bond motifs is 6. The first kappa shape index (κ1) is 42.4. The highest BCUT2D eigenvalue weighted by molar-refractivity contribution is 6.18. The van der Waals surface area contributed by atoms with Crippen molar-refractivity contribution in [2.24, 2.45) is 0 Å². The topological polar surface area (TPSA) is 35.8 Å². The molecule has 0 aliphatic carbocycles. The molecule has 72 heavy (non-hydrogen) atoms. The maximum atomic E-state index is 6.67. The van der Waals surface area contributed by atoms with Crippen molar-refractivity contribution < 1.29 is 4.42 Å². The van der Waals surface area contributed by atoms with Gasteiger partial charge in [-0.3, -0.25) is 0 Å². The Kier molecular flexibility index (Phi) is 10.8. The maximum Gasteiger partial charge on any atom is 0.227 e. The number of hydrogen-bond acceptors (Lipinski definition) is 5. The van der Waals surface area contributed by atoms with E-state index in [2.05, 4.69) is 263 Å². The summed E-state index contributed by atoms with van der Waals surface area (Å²) in [6, 6.07) is 99.4. The van der Waals surface area contributed by atoms with Crippen LogP contribution in [0.2, 0.25) is 0 Å². The molecule has 1 aromatic heterocycles. The molecular formula is C67H46N4O. The predicted molar refractivity (Wildman–Crippen MR) is 301 cm³/mol. The zero-order valence-electron chi connectivity index (χ0n) is 39.3. The fourth-order valence-electron chi connectivity index (χ4n) is 10.3. The molecule has 0 saturated heterocycles. The number of nitrogens with zero attached hydrogens (tertiary/aromatic N) is 4. The summed E-state index contributed by atoms with van der Waals surface area (Å²) in [6.45, 7) is 0. The number of rotatable bonds is 11. The average molecular weight is 923 g/mol. The Bertz CT molecular complexity index is 4000. The normalized spacial score (nSPS) is 11.3. The predicted octanol–water partition coefficient (Wildman–Crippen LogP) is 19.0. The van der Waals surface area contributed by atoms with Crippen molar-refractivity contribution in [2.75, 3.05) is 14.7 Å². The lowest BCUT2D eigenvalue weighted by molar-refractivity contribution is 0.623. The molecule has 0 N–H and O–H groups in total. The van der Waals surface area contributed by atoms with Crippen LogP contribution in [0.15, 0.2) is 283 Å². The van der Waals surface area contributed by atoms with Gasteiger partial charge in [0.05, 0.1) is 28.4 Å². The zero-order valence-corrected chi connectivity index (χ0v) is 39.3. The molecule has 13 aromatic rings. The van der Waals surface area contributed by atoms with Crippen molar-refractivity contribution in [3.8, 4) is 22.6 Å². The van der Waals surface area contributed by atoms with Crippen LogP contribution < -0.4 is 14.7 Å². The highest BCUT2D eigenvalue weighted by Gasteiger charge is 2.25. The number of benzene rings is 12. The van der Waals surface area contributed by atoms with E-state index >= 15 is 0 Å². The van der Waals surface area contributed by atoms with Crippen molar-refractivity contribution in [1.82, 2.24) is 4.98 Å². The van der Waals surface area contributed by atoms with E-state index in [9.17, 15) is 0 Å². The smallest absolute Gasteiger partial charge is 0.227 e. The first-order valence-electron chi connectivity index (χ1n) is 24.4. The molecule has 0 saturated carbocycles. The Morgan fingerprint density at radius 3 is 1.47 bits per heavy atom. The van der Waals surface area contributed by atoms with Crippen molar-refractivity contribution in [2.45, 2.75) is 0 Å². The SMILES string of the molecule is c1ccc(-c2nc3ccc4ccc5cc(N(c6cc(N(c7ccccc7)c7ccccc7)cc(N(c7ccccc7)c7cccc8ccccc78)c6)c6ccccc6-c6ccccc6)ccc5c4c3o2)cc1. The van der Waals surface area contributed by atoms with Crippen molar-refractivity contribution >= 4 is 94.6 Å². The van der Waals surface area contributed by atoms with Gasteiger partial charge in [0.2, 0.25) is 5.89 Å². The number of hydrogen-bond donors (Lipinski definition) is 0. The van der Waals surface area contributed by atoms with Crippen LogP contribution in [0, 0.1) is 0 Å². The van der Waals surface area contributed by atoms with Gasteiger partial charge in [-0.25, -0.2) is 4.98 Å². The molecule has 0 unspecified atom stereocenters. The molecule has 0 bridgehead atoms. The van der Waals surface area contributed by atoms with Gasteiger partial charge < -0.3 is 19.1 Å². The molecule has 0 aliphatic heterocycles. The molecule has 0 fully saturated rings. The van der Waals surface area contributed by atoms with Gasteiger partial charge in [-0.15, -0.1) is 0 Å². The van der Waals surface area contributed by atoms with Gasteiger partial charge in [-0.05, 0) is 124 Å². The molecule has 0 amide bonds. The second-order valence-electron chi connectivity index (χ2n) is 18.0. The Hall–Kier alpha value is -9.71. The molecule has 0 spiro atoms. The lowest BCUT2D eigenvalue weighted by Gasteiger charge is -2.34. The van der Waals surface area contributed by atoms with E-state index < -0.39 is 0 Å². The monoisotopic (exact) mass is 922 g/mol. The van der Waals surface area contributed by atoms with E-state index in [1.807, 2.05) is 30.3 Å². The standard InChI is InChI=1S/C67H46N4O/c1-6-21-47(22-7-1)59-34-18-19-35-63(59)71(55-40-41-61-51(43-55)38-37-49-39-42-62-66(65(49)61)72-67(68-62)50-24-8-2-9-25-50)58-45-56(69(52-27-10-3-11-28-52)53-29-12-4-13-30-53)44-57(46-58)70(54-31-14-5-15-32-54)64-36-20-26-48-23-16-17-33-60(48)64/h1-46H. The molecule has 0 radical (unpaired) electrons. The van der Waals surface area contributed by atoms with Crippen molar-refractivity contribution in [3.05, 3.63) is 279 Å². The Morgan fingerprint density at radius 1 is 0.292 bits per heavy atom. The highest BCUT2D eigenvalue weighted by Crippen LogP contribution is 2.49. The summed E-state index contributed by atoms with van der Waals surface area (Å²) >= 11 is 0. The molecular weight excluding hydrogens is 877 g/mol. The maximum absolute atomic E-state index is 6.67. The summed E-state index contributed by atoms with van der Waals surface area (Å²) in [5.41, 5.74) is 14.0. The molecule has 12 aromatic carbocycles. The van der Waals surface area contributed by atoms with Crippen LogP contribution in [0.3, 0.4) is 0 Å². The van der Waals surface area contributed by atoms with Crippen LogP contribution in [-0.4, -0.2) is 4.98 Å². The van der Waals surface area contributed by atoms with Crippen LogP contribution in [-0.2, 0) is 0 Å². The third-order valence-corrected chi connectivity index (χ3v) is 13.6. The minimum atomic E-state index is 0.610. The molecule has 13 rings (SSSR count). The van der Waals surface area contributed by atoms with Crippen LogP contribution >= 0.6 is 0 Å². The van der Waals surface area contributed by atoms with Gasteiger partial charge in [-0.1, -0.05) is 182 Å². The lowest BCUT2D eigenvalue weighted by atomic mass is 9.98. The van der Waals surface area contributed by atoms with Crippen LogP contribution in [0.25, 0.3) is 66.0 Å². The molecule has 0 aliphatic rings. The molecule has 5 nitrogen and oxygen atoms in total. The first-order chi connectivity index (χ1) is 35.7. The van der Waals surface area contributed by atoms with Gasteiger partial charge in [0.25, 0.3) is 0 Å². The van der Waals surface area contributed by atoms with Crippen LogP contribution in [0.4, 0.5) is 51.2 Å². The molecule has 340 valence electrons. The quantitative estimate of drug-likeness (QED) is 0.121. The third kappa shape index (κ3) is 7.76. The van der Waals surface area contributed by atoms with E-state index in [-0.39, 0.29) is 0 Å². The second kappa shape index (κ2) is 18.3. The first-order valence-corrected chi connectivity index (χ1v) is 24.4. The number of aromatic nitrogens is 1. The van der Waals surface area contributed by atoms with E-state index in [1.165, 1.54) is 5.39 Å².